The molecule has 1 aliphatic carbocycles. The number of rotatable bonds is 5. The molecule has 1 heterocycles. The first-order valence-electron chi connectivity index (χ1n) is 9.08. The lowest BCUT2D eigenvalue weighted by atomic mass is 9.84. The van der Waals surface area contributed by atoms with Gasteiger partial charge in [-0.15, -0.1) is 0 Å². The van der Waals surface area contributed by atoms with Crippen LogP contribution in [0.15, 0.2) is 30.3 Å². The molecule has 0 bridgehead atoms. The second-order valence-corrected chi connectivity index (χ2v) is 9.54. The van der Waals surface area contributed by atoms with Crippen molar-refractivity contribution in [3.8, 4) is 0 Å². The third-order valence-electron chi connectivity index (χ3n) is 5.62. The maximum Gasteiger partial charge on any atom is 0.223 e. The predicted octanol–water partition coefficient (Wildman–Crippen LogP) is 2.90. The van der Waals surface area contributed by atoms with Gasteiger partial charge in [-0.1, -0.05) is 43.2 Å². The van der Waals surface area contributed by atoms with Gasteiger partial charge in [0.25, 0.3) is 0 Å². The molecule has 2 fully saturated rings. The van der Waals surface area contributed by atoms with Crippen molar-refractivity contribution >= 4 is 15.7 Å². The second-order valence-electron chi connectivity index (χ2n) is 7.23. The predicted molar refractivity (Wildman–Crippen MR) is 95.5 cm³/mol. The van der Waals surface area contributed by atoms with Crippen molar-refractivity contribution in [3.05, 3.63) is 35.9 Å². The summed E-state index contributed by atoms with van der Waals surface area (Å²) in [7, 11) is -2.92. The number of nitrogens with one attached hydrogen (secondary N) is 1. The average Bonchev–Trinajstić information content (AvgIpc) is 3.10. The quantitative estimate of drug-likeness (QED) is 0.889. The molecule has 132 valence electrons. The Kier molecular flexibility index (Phi) is 5.59. The highest BCUT2D eigenvalue weighted by Crippen LogP contribution is 2.37. The van der Waals surface area contributed by atoms with Crippen LogP contribution in [0.2, 0.25) is 0 Å². The number of hydrogen-bond acceptors (Lipinski definition) is 3. The van der Waals surface area contributed by atoms with Gasteiger partial charge in [-0.25, -0.2) is 8.42 Å². The Bertz CT molecular complexity index is 636. The van der Waals surface area contributed by atoms with Crippen molar-refractivity contribution in [2.75, 3.05) is 18.1 Å². The lowest BCUT2D eigenvalue weighted by Gasteiger charge is -2.26. The Morgan fingerprint density at radius 1 is 1.04 bits per heavy atom. The maximum absolute atomic E-state index is 12.5. The van der Waals surface area contributed by atoms with Crippen LogP contribution in [0.4, 0.5) is 0 Å². The molecule has 0 spiro atoms. The molecule has 0 aromatic heterocycles. The zero-order chi connectivity index (χ0) is 17.0. The SMILES string of the molecule is O=C(NC[C@@H](c1ccccc1)C1CCCC1)C1CCS(=O)(=O)CC1. The van der Waals surface area contributed by atoms with Gasteiger partial charge in [0.05, 0.1) is 11.5 Å². The van der Waals surface area contributed by atoms with Gasteiger partial charge < -0.3 is 5.32 Å². The average molecular weight is 349 g/mol. The van der Waals surface area contributed by atoms with Crippen LogP contribution in [0.1, 0.15) is 50.0 Å². The molecule has 1 aromatic carbocycles. The summed E-state index contributed by atoms with van der Waals surface area (Å²) in [5.41, 5.74) is 1.30. The lowest BCUT2D eigenvalue weighted by Crippen LogP contribution is -2.38. The minimum absolute atomic E-state index is 0.0313. The zero-order valence-electron chi connectivity index (χ0n) is 14.1. The van der Waals surface area contributed by atoms with Gasteiger partial charge in [0, 0.05) is 18.4 Å². The first-order valence-corrected chi connectivity index (χ1v) is 10.9. The standard InChI is InChI=1S/C19H27NO3S/c21-19(17-10-12-24(22,23)13-11-17)20-14-18(16-8-4-5-9-16)15-6-2-1-3-7-15/h1-3,6-7,16-18H,4-5,8-14H2,(H,20,21)/t18-/m0/s1. The number of amides is 1. The largest absolute Gasteiger partial charge is 0.355 e. The first kappa shape index (κ1) is 17.5. The van der Waals surface area contributed by atoms with E-state index in [0.717, 1.165) is 0 Å². The van der Waals surface area contributed by atoms with E-state index in [-0.39, 0.29) is 23.3 Å². The topological polar surface area (TPSA) is 63.2 Å². The van der Waals surface area contributed by atoms with E-state index in [1.54, 1.807) is 0 Å². The summed E-state index contributed by atoms with van der Waals surface area (Å²) in [6.45, 7) is 0.663. The van der Waals surface area contributed by atoms with Crippen LogP contribution in [-0.2, 0) is 14.6 Å². The summed E-state index contributed by atoms with van der Waals surface area (Å²) < 4.78 is 23.0. The molecule has 1 N–H and O–H groups in total. The van der Waals surface area contributed by atoms with Crippen LogP contribution < -0.4 is 5.32 Å². The van der Waals surface area contributed by atoms with E-state index in [9.17, 15) is 13.2 Å². The van der Waals surface area contributed by atoms with Gasteiger partial charge in [-0.3, -0.25) is 4.79 Å². The summed E-state index contributed by atoms with van der Waals surface area (Å²) in [6.07, 6.45) is 5.96. The summed E-state index contributed by atoms with van der Waals surface area (Å²) in [6, 6.07) is 10.5. The Morgan fingerprint density at radius 3 is 2.29 bits per heavy atom. The minimum Gasteiger partial charge on any atom is -0.355 e. The first-order chi connectivity index (χ1) is 11.6. The third-order valence-corrected chi connectivity index (χ3v) is 7.33. The van der Waals surface area contributed by atoms with Gasteiger partial charge in [0.15, 0.2) is 0 Å². The van der Waals surface area contributed by atoms with Crippen molar-refractivity contribution in [1.29, 1.82) is 0 Å². The fraction of sp³-hybridized carbons (Fsp3) is 0.632. The van der Waals surface area contributed by atoms with E-state index in [1.165, 1.54) is 31.2 Å². The summed E-state index contributed by atoms with van der Waals surface area (Å²) in [4.78, 5) is 12.5. The number of sulfone groups is 1. The Balaban J connectivity index is 1.60. The van der Waals surface area contributed by atoms with Crippen molar-refractivity contribution in [3.63, 3.8) is 0 Å². The summed E-state index contributed by atoms with van der Waals surface area (Å²) in [5, 5.41) is 3.12. The molecule has 1 aromatic rings. The molecule has 0 radical (unpaired) electrons. The van der Waals surface area contributed by atoms with E-state index in [1.807, 2.05) is 6.07 Å². The molecular weight excluding hydrogens is 322 g/mol. The van der Waals surface area contributed by atoms with E-state index in [2.05, 4.69) is 29.6 Å². The molecule has 24 heavy (non-hydrogen) atoms. The zero-order valence-corrected chi connectivity index (χ0v) is 14.9. The number of benzene rings is 1. The monoisotopic (exact) mass is 349 g/mol. The molecule has 3 rings (SSSR count). The summed E-state index contributed by atoms with van der Waals surface area (Å²) in [5.74, 6) is 1.19. The van der Waals surface area contributed by atoms with E-state index >= 15 is 0 Å². The highest BCUT2D eigenvalue weighted by molar-refractivity contribution is 7.91. The fourth-order valence-electron chi connectivity index (χ4n) is 4.12. The number of carbonyl (C=O) groups excluding carboxylic acids is 1. The van der Waals surface area contributed by atoms with Crippen molar-refractivity contribution in [2.24, 2.45) is 11.8 Å². The molecule has 1 saturated heterocycles. The Hall–Kier alpha value is -1.36. The van der Waals surface area contributed by atoms with Crippen LogP contribution in [0.5, 0.6) is 0 Å². The van der Waals surface area contributed by atoms with Crippen LogP contribution in [0, 0.1) is 11.8 Å². The Morgan fingerprint density at radius 2 is 1.67 bits per heavy atom. The molecule has 2 aliphatic rings. The van der Waals surface area contributed by atoms with Gasteiger partial charge in [0.1, 0.15) is 9.84 Å². The van der Waals surface area contributed by atoms with Gasteiger partial charge in [-0.2, -0.15) is 0 Å². The van der Waals surface area contributed by atoms with Crippen LogP contribution in [0.3, 0.4) is 0 Å². The molecule has 1 saturated carbocycles. The van der Waals surface area contributed by atoms with Gasteiger partial charge in [0.2, 0.25) is 5.91 Å². The lowest BCUT2D eigenvalue weighted by molar-refractivity contribution is -0.125. The van der Waals surface area contributed by atoms with Gasteiger partial charge in [-0.05, 0) is 37.2 Å². The van der Waals surface area contributed by atoms with Crippen LogP contribution >= 0.6 is 0 Å². The summed E-state index contributed by atoms with van der Waals surface area (Å²) >= 11 is 0. The normalized spacial score (nSPS) is 23.0. The second kappa shape index (κ2) is 7.68. The van der Waals surface area contributed by atoms with E-state index in [0.29, 0.717) is 31.2 Å². The third kappa shape index (κ3) is 4.38. The molecule has 1 atom stereocenters. The molecular formula is C19H27NO3S. The number of carbonyl (C=O) groups is 1. The Labute approximate surface area is 145 Å². The van der Waals surface area contributed by atoms with Crippen molar-refractivity contribution in [2.45, 2.75) is 44.4 Å². The minimum atomic E-state index is -2.92. The van der Waals surface area contributed by atoms with Crippen LogP contribution in [0.25, 0.3) is 0 Å². The maximum atomic E-state index is 12.5. The highest BCUT2D eigenvalue weighted by Gasteiger charge is 2.30. The molecule has 4 nitrogen and oxygen atoms in total. The van der Waals surface area contributed by atoms with E-state index in [4.69, 9.17) is 0 Å². The van der Waals surface area contributed by atoms with E-state index < -0.39 is 9.84 Å². The molecule has 1 amide bonds. The van der Waals surface area contributed by atoms with Gasteiger partial charge >= 0.3 is 0 Å². The van der Waals surface area contributed by atoms with Crippen molar-refractivity contribution in [1.82, 2.24) is 5.32 Å². The highest BCUT2D eigenvalue weighted by atomic mass is 32.2. The molecule has 1 aliphatic heterocycles. The molecule has 0 unspecified atom stereocenters. The van der Waals surface area contributed by atoms with Crippen LogP contribution in [-0.4, -0.2) is 32.4 Å². The fourth-order valence-corrected chi connectivity index (χ4v) is 5.62. The number of hydrogen-bond donors (Lipinski definition) is 1. The van der Waals surface area contributed by atoms with Crippen molar-refractivity contribution < 1.29 is 13.2 Å². The molecule has 5 heteroatoms. The smallest absolute Gasteiger partial charge is 0.223 e.